The summed E-state index contributed by atoms with van der Waals surface area (Å²) in [7, 11) is 0. The Labute approximate surface area is 160 Å². The number of hydrogen-bond acceptors (Lipinski definition) is 4. The molecule has 0 fully saturated rings. The number of carbonyl (C=O) groups excluding carboxylic acids is 2. The van der Waals surface area contributed by atoms with E-state index in [1.807, 2.05) is 39.8 Å². The van der Waals surface area contributed by atoms with Gasteiger partial charge in [0.1, 0.15) is 5.75 Å². The molecular weight excluding hydrogens is 342 g/mol. The summed E-state index contributed by atoms with van der Waals surface area (Å²) in [5, 5.41) is 2.86. The quantitative estimate of drug-likeness (QED) is 0.725. The third kappa shape index (κ3) is 5.58. The van der Waals surface area contributed by atoms with Gasteiger partial charge in [0.25, 0.3) is 5.91 Å². The van der Waals surface area contributed by atoms with Crippen molar-refractivity contribution in [2.75, 3.05) is 11.9 Å². The topological polar surface area (TPSA) is 64.6 Å². The minimum Gasteiger partial charge on any atom is -0.494 e. The van der Waals surface area contributed by atoms with Gasteiger partial charge in [0, 0.05) is 5.69 Å². The van der Waals surface area contributed by atoms with Crippen molar-refractivity contribution >= 4 is 17.6 Å². The van der Waals surface area contributed by atoms with E-state index in [-0.39, 0.29) is 5.91 Å². The minimum absolute atomic E-state index is 0.360. The number of anilines is 1. The molecule has 2 rings (SSSR count). The van der Waals surface area contributed by atoms with Crippen molar-refractivity contribution in [3.05, 3.63) is 58.7 Å². The number of aryl methyl sites for hydroxylation is 3. The number of nitrogens with one attached hydrogen (secondary N) is 1. The van der Waals surface area contributed by atoms with Crippen LogP contribution in [0.25, 0.3) is 0 Å². The van der Waals surface area contributed by atoms with Crippen LogP contribution in [0.1, 0.15) is 47.3 Å². The molecule has 0 unspecified atom stereocenters. The van der Waals surface area contributed by atoms with E-state index in [1.54, 1.807) is 31.2 Å². The van der Waals surface area contributed by atoms with Crippen LogP contribution in [-0.4, -0.2) is 24.6 Å². The standard InChI is InChI=1S/C22H27NO4/c1-6-11-26-19-9-7-18(8-10-19)22(25)27-17(5)21(24)23-20-15(3)12-14(2)13-16(20)4/h7-10,12-13,17H,6,11H2,1-5H3,(H,23,24)/t17-/m1/s1. The molecule has 27 heavy (non-hydrogen) atoms. The van der Waals surface area contributed by atoms with Gasteiger partial charge in [-0.2, -0.15) is 0 Å². The summed E-state index contributed by atoms with van der Waals surface area (Å²) in [5.41, 5.74) is 4.21. The Balaban J connectivity index is 1.98. The maximum Gasteiger partial charge on any atom is 0.338 e. The van der Waals surface area contributed by atoms with E-state index in [0.29, 0.717) is 17.9 Å². The number of benzene rings is 2. The van der Waals surface area contributed by atoms with Crippen molar-refractivity contribution < 1.29 is 19.1 Å². The highest BCUT2D eigenvalue weighted by molar-refractivity contribution is 5.98. The smallest absolute Gasteiger partial charge is 0.338 e. The highest BCUT2D eigenvalue weighted by Crippen LogP contribution is 2.22. The van der Waals surface area contributed by atoms with Gasteiger partial charge in [-0.1, -0.05) is 24.6 Å². The first-order valence-corrected chi connectivity index (χ1v) is 9.14. The Hall–Kier alpha value is -2.82. The van der Waals surface area contributed by atoms with Gasteiger partial charge in [-0.25, -0.2) is 4.79 Å². The number of amides is 1. The fourth-order valence-electron chi connectivity index (χ4n) is 2.79. The van der Waals surface area contributed by atoms with Crippen LogP contribution in [0.5, 0.6) is 5.75 Å². The lowest BCUT2D eigenvalue weighted by Gasteiger charge is -2.17. The van der Waals surface area contributed by atoms with Gasteiger partial charge in [0.15, 0.2) is 6.10 Å². The molecule has 0 aliphatic heterocycles. The molecule has 2 aromatic carbocycles. The molecule has 144 valence electrons. The van der Waals surface area contributed by atoms with Crippen LogP contribution in [0.15, 0.2) is 36.4 Å². The first-order valence-electron chi connectivity index (χ1n) is 9.14. The molecule has 0 saturated carbocycles. The molecule has 0 radical (unpaired) electrons. The molecule has 5 nitrogen and oxygen atoms in total. The third-order valence-corrected chi connectivity index (χ3v) is 4.14. The predicted octanol–water partition coefficient (Wildman–Crippen LogP) is 4.58. The predicted molar refractivity (Wildman–Crippen MR) is 106 cm³/mol. The molecule has 0 saturated heterocycles. The third-order valence-electron chi connectivity index (χ3n) is 4.14. The highest BCUT2D eigenvalue weighted by Gasteiger charge is 2.20. The lowest BCUT2D eigenvalue weighted by atomic mass is 10.0. The van der Waals surface area contributed by atoms with Crippen LogP contribution in [-0.2, 0) is 9.53 Å². The number of esters is 1. The average Bonchev–Trinajstić information content (AvgIpc) is 2.63. The summed E-state index contributed by atoms with van der Waals surface area (Å²) in [5.74, 6) is -0.206. The molecule has 2 aromatic rings. The van der Waals surface area contributed by atoms with Crippen molar-refractivity contribution in [3.8, 4) is 5.75 Å². The van der Waals surface area contributed by atoms with E-state index in [0.717, 1.165) is 28.8 Å². The number of ether oxygens (including phenoxy) is 2. The Morgan fingerprint density at radius 1 is 1.04 bits per heavy atom. The largest absolute Gasteiger partial charge is 0.494 e. The van der Waals surface area contributed by atoms with Gasteiger partial charge in [-0.05, 0) is 69.5 Å². The summed E-state index contributed by atoms with van der Waals surface area (Å²) >= 11 is 0. The zero-order valence-corrected chi connectivity index (χ0v) is 16.6. The summed E-state index contributed by atoms with van der Waals surface area (Å²) in [4.78, 5) is 24.7. The Kier molecular flexibility index (Phi) is 6.99. The normalized spacial score (nSPS) is 11.6. The monoisotopic (exact) mass is 369 g/mol. The first kappa shape index (κ1) is 20.5. The van der Waals surface area contributed by atoms with Gasteiger partial charge in [0.2, 0.25) is 0 Å². The van der Waals surface area contributed by atoms with Crippen molar-refractivity contribution in [2.24, 2.45) is 0 Å². The zero-order valence-electron chi connectivity index (χ0n) is 16.6. The Bertz CT molecular complexity index is 789. The number of rotatable bonds is 7. The van der Waals surface area contributed by atoms with Crippen molar-refractivity contribution in [1.29, 1.82) is 0 Å². The van der Waals surface area contributed by atoms with Gasteiger partial charge >= 0.3 is 5.97 Å². The minimum atomic E-state index is -0.909. The van der Waals surface area contributed by atoms with E-state index < -0.39 is 12.1 Å². The summed E-state index contributed by atoms with van der Waals surface area (Å²) in [6.45, 7) is 10.1. The van der Waals surface area contributed by atoms with Crippen LogP contribution in [0.3, 0.4) is 0 Å². The first-order chi connectivity index (χ1) is 12.8. The van der Waals surface area contributed by atoms with Gasteiger partial charge in [-0.3, -0.25) is 4.79 Å². The SMILES string of the molecule is CCCOc1ccc(C(=O)O[C@H](C)C(=O)Nc2c(C)cc(C)cc2C)cc1. The molecule has 1 N–H and O–H groups in total. The highest BCUT2D eigenvalue weighted by atomic mass is 16.5. The summed E-state index contributed by atoms with van der Waals surface area (Å²) in [6, 6.07) is 10.7. The van der Waals surface area contributed by atoms with E-state index in [1.165, 1.54) is 0 Å². The molecule has 0 aliphatic rings. The molecule has 0 aliphatic carbocycles. The molecule has 1 atom stereocenters. The fraction of sp³-hybridized carbons (Fsp3) is 0.364. The Morgan fingerprint density at radius 3 is 2.19 bits per heavy atom. The van der Waals surface area contributed by atoms with Crippen LogP contribution in [0.4, 0.5) is 5.69 Å². The summed E-state index contributed by atoms with van der Waals surface area (Å²) in [6.07, 6.45) is 0.00436. The van der Waals surface area contributed by atoms with Crippen molar-refractivity contribution in [2.45, 2.75) is 47.1 Å². The molecule has 0 aromatic heterocycles. The fourth-order valence-corrected chi connectivity index (χ4v) is 2.79. The maximum atomic E-state index is 12.4. The van der Waals surface area contributed by atoms with Crippen LogP contribution >= 0.6 is 0 Å². The van der Waals surface area contributed by atoms with Gasteiger partial charge in [-0.15, -0.1) is 0 Å². The van der Waals surface area contributed by atoms with Crippen LogP contribution < -0.4 is 10.1 Å². The molecule has 5 heteroatoms. The lowest BCUT2D eigenvalue weighted by molar-refractivity contribution is -0.123. The second-order valence-electron chi connectivity index (χ2n) is 6.68. The number of carbonyl (C=O) groups is 2. The van der Waals surface area contributed by atoms with E-state index in [2.05, 4.69) is 5.32 Å². The molecule has 1 amide bonds. The van der Waals surface area contributed by atoms with E-state index in [4.69, 9.17) is 9.47 Å². The Morgan fingerprint density at radius 2 is 1.63 bits per heavy atom. The van der Waals surface area contributed by atoms with Crippen molar-refractivity contribution in [1.82, 2.24) is 0 Å². The summed E-state index contributed by atoms with van der Waals surface area (Å²) < 4.78 is 10.8. The van der Waals surface area contributed by atoms with Gasteiger partial charge in [0.05, 0.1) is 12.2 Å². The molecule has 0 heterocycles. The zero-order chi connectivity index (χ0) is 20.0. The molecule has 0 bridgehead atoms. The van der Waals surface area contributed by atoms with Crippen molar-refractivity contribution in [3.63, 3.8) is 0 Å². The van der Waals surface area contributed by atoms with Crippen LogP contribution in [0, 0.1) is 20.8 Å². The van der Waals surface area contributed by atoms with E-state index in [9.17, 15) is 9.59 Å². The van der Waals surface area contributed by atoms with E-state index >= 15 is 0 Å². The van der Waals surface area contributed by atoms with Crippen LogP contribution in [0.2, 0.25) is 0 Å². The maximum absolute atomic E-state index is 12.4. The number of hydrogen-bond donors (Lipinski definition) is 1. The second-order valence-corrected chi connectivity index (χ2v) is 6.68. The molecule has 0 spiro atoms. The second kappa shape index (κ2) is 9.21. The molecular formula is C22H27NO4. The van der Waals surface area contributed by atoms with Gasteiger partial charge < -0.3 is 14.8 Å². The average molecular weight is 369 g/mol. The lowest BCUT2D eigenvalue weighted by Crippen LogP contribution is -2.30.